The van der Waals surface area contributed by atoms with Gasteiger partial charge in [-0.3, -0.25) is 24.1 Å². The minimum Gasteiger partial charge on any atom is -0.483 e. The molecule has 2 aliphatic rings. The van der Waals surface area contributed by atoms with E-state index in [2.05, 4.69) is 32.2 Å². The smallest absolute Gasteiger partial charge is 0.290 e. The molecule has 0 radical (unpaired) electrons. The van der Waals surface area contributed by atoms with Crippen LogP contribution in [-0.2, 0) is 38.0 Å². The molecule has 182 valence electrons. The maximum absolute atomic E-state index is 13.3. The van der Waals surface area contributed by atoms with Crippen LogP contribution in [0, 0.1) is 12.8 Å². The van der Waals surface area contributed by atoms with Crippen molar-refractivity contribution in [1.29, 1.82) is 0 Å². The lowest BCUT2D eigenvalue weighted by Crippen LogP contribution is -2.47. The highest BCUT2D eigenvalue weighted by Crippen LogP contribution is 2.35. The first-order chi connectivity index (χ1) is 16.4. The average molecular weight is 469 g/mol. The third-order valence-corrected chi connectivity index (χ3v) is 6.61. The number of carbonyl (C=O) groups is 1. The summed E-state index contributed by atoms with van der Waals surface area (Å²) in [5, 5.41) is 15.3. The summed E-state index contributed by atoms with van der Waals surface area (Å²) < 4.78 is 8.94. The molecule has 2 aliphatic heterocycles. The Morgan fingerprint density at radius 2 is 2.03 bits per heavy atom. The van der Waals surface area contributed by atoms with Crippen LogP contribution in [0.4, 0.5) is 0 Å². The van der Waals surface area contributed by atoms with E-state index in [0.717, 1.165) is 43.1 Å². The Labute approximate surface area is 198 Å². The van der Waals surface area contributed by atoms with E-state index in [1.165, 1.54) is 17.8 Å². The standard InChI is InChI=1S/C23H30N6O2.CH2O2/c1-16-8-21(27(3)24-16)15-28-10-17-9-19(13-28)22-5-4-18(23(30)29(22)11-17)12-26(2)14-20-6-7-31-25-20;2-1-3/h4-8,17,19H,9-15H2,1-3H3;1H,(H,2,3)/t17-,19+;/m0./s1. The maximum Gasteiger partial charge on any atom is 0.290 e. The van der Waals surface area contributed by atoms with Gasteiger partial charge in [0.1, 0.15) is 6.26 Å². The predicted molar refractivity (Wildman–Crippen MR) is 125 cm³/mol. The van der Waals surface area contributed by atoms with E-state index in [4.69, 9.17) is 14.4 Å². The summed E-state index contributed by atoms with van der Waals surface area (Å²) in [4.78, 5) is 26.3. The highest BCUT2D eigenvalue weighted by Gasteiger charge is 2.35. The molecule has 1 N–H and O–H groups in total. The van der Waals surface area contributed by atoms with E-state index < -0.39 is 0 Å². The summed E-state index contributed by atoms with van der Waals surface area (Å²) in [6.07, 6.45) is 2.75. The lowest BCUT2D eigenvalue weighted by molar-refractivity contribution is -0.122. The van der Waals surface area contributed by atoms with Crippen molar-refractivity contribution in [2.75, 3.05) is 20.1 Å². The van der Waals surface area contributed by atoms with Crippen molar-refractivity contribution >= 4 is 6.47 Å². The van der Waals surface area contributed by atoms with Crippen molar-refractivity contribution in [3.63, 3.8) is 0 Å². The molecule has 2 atom stereocenters. The summed E-state index contributed by atoms with van der Waals surface area (Å²) in [5.41, 5.74) is 5.38. The van der Waals surface area contributed by atoms with Gasteiger partial charge in [-0.05, 0) is 38.4 Å². The number of piperidine rings is 1. The zero-order valence-corrected chi connectivity index (χ0v) is 19.9. The van der Waals surface area contributed by atoms with Crippen LogP contribution in [0.2, 0.25) is 0 Å². The highest BCUT2D eigenvalue weighted by atomic mass is 16.5. The van der Waals surface area contributed by atoms with Crippen LogP contribution in [0.1, 0.15) is 40.7 Å². The van der Waals surface area contributed by atoms with Crippen LogP contribution in [0.25, 0.3) is 0 Å². The number of likely N-dealkylation sites (tertiary alicyclic amines) is 1. The van der Waals surface area contributed by atoms with E-state index in [1.54, 1.807) is 6.26 Å². The van der Waals surface area contributed by atoms with Crippen LogP contribution in [0.5, 0.6) is 0 Å². The Kier molecular flexibility index (Phi) is 7.28. The molecule has 5 heterocycles. The summed E-state index contributed by atoms with van der Waals surface area (Å²) >= 11 is 0. The zero-order chi connectivity index (χ0) is 24.2. The molecule has 0 saturated carbocycles. The van der Waals surface area contributed by atoms with Crippen molar-refractivity contribution in [2.45, 2.75) is 45.4 Å². The Bertz CT molecular complexity index is 1170. The van der Waals surface area contributed by atoms with Gasteiger partial charge in [0, 0.05) is 69.6 Å². The molecular formula is C24H32N6O4. The normalized spacial score (nSPS) is 19.4. The molecule has 2 bridgehead atoms. The third kappa shape index (κ3) is 5.28. The number of pyridine rings is 1. The van der Waals surface area contributed by atoms with Gasteiger partial charge in [-0.1, -0.05) is 11.2 Å². The molecule has 0 aromatic carbocycles. The lowest BCUT2D eigenvalue weighted by atomic mass is 9.83. The SMILES string of the molecule is Cc1cc(CN2C[C@@H]3C[C@H](C2)c2ccc(CN(C)Cc4ccon4)c(=O)n2C3)n(C)n1.O=CO. The quantitative estimate of drug-likeness (QED) is 0.546. The number of rotatable bonds is 6. The molecule has 0 aliphatic carbocycles. The third-order valence-electron chi connectivity index (χ3n) is 6.61. The molecule has 10 heteroatoms. The van der Waals surface area contributed by atoms with Gasteiger partial charge in [0.25, 0.3) is 12.0 Å². The van der Waals surface area contributed by atoms with Gasteiger partial charge in [0.05, 0.1) is 17.1 Å². The van der Waals surface area contributed by atoms with E-state index in [-0.39, 0.29) is 12.0 Å². The Morgan fingerprint density at radius 3 is 2.71 bits per heavy atom. The van der Waals surface area contributed by atoms with Gasteiger partial charge in [0.2, 0.25) is 0 Å². The van der Waals surface area contributed by atoms with Crippen LogP contribution >= 0.6 is 0 Å². The molecule has 0 unspecified atom stereocenters. The minimum absolute atomic E-state index is 0.162. The molecule has 3 aromatic heterocycles. The summed E-state index contributed by atoms with van der Waals surface area (Å²) in [5.74, 6) is 0.929. The van der Waals surface area contributed by atoms with Crippen molar-refractivity contribution in [1.82, 2.24) is 29.3 Å². The van der Waals surface area contributed by atoms with Crippen molar-refractivity contribution < 1.29 is 14.4 Å². The largest absolute Gasteiger partial charge is 0.483 e. The van der Waals surface area contributed by atoms with Gasteiger partial charge in [0.15, 0.2) is 0 Å². The molecular weight excluding hydrogens is 436 g/mol. The molecule has 0 amide bonds. The second kappa shape index (κ2) is 10.4. The second-order valence-corrected chi connectivity index (χ2v) is 9.36. The van der Waals surface area contributed by atoms with Gasteiger partial charge < -0.3 is 14.2 Å². The van der Waals surface area contributed by atoms with E-state index in [1.807, 2.05) is 42.4 Å². The molecule has 3 aromatic rings. The van der Waals surface area contributed by atoms with Gasteiger partial charge in [-0.2, -0.15) is 5.10 Å². The average Bonchev–Trinajstić information content (AvgIpc) is 3.40. The van der Waals surface area contributed by atoms with Gasteiger partial charge in [-0.15, -0.1) is 0 Å². The summed E-state index contributed by atoms with van der Waals surface area (Å²) in [6.45, 7) is 6.80. The lowest BCUT2D eigenvalue weighted by Gasteiger charge is -2.43. The molecule has 10 nitrogen and oxygen atoms in total. The van der Waals surface area contributed by atoms with E-state index in [0.29, 0.717) is 24.9 Å². The maximum atomic E-state index is 13.3. The number of hydrogen-bond acceptors (Lipinski definition) is 7. The van der Waals surface area contributed by atoms with Crippen LogP contribution in [0.15, 0.2) is 39.8 Å². The fourth-order valence-electron chi connectivity index (χ4n) is 5.32. The van der Waals surface area contributed by atoms with E-state index in [9.17, 15) is 4.79 Å². The molecule has 5 rings (SSSR count). The van der Waals surface area contributed by atoms with Gasteiger partial charge in [-0.25, -0.2) is 0 Å². The minimum atomic E-state index is -0.250. The van der Waals surface area contributed by atoms with Crippen LogP contribution in [0.3, 0.4) is 0 Å². The van der Waals surface area contributed by atoms with Crippen LogP contribution in [-0.4, -0.2) is 61.0 Å². The molecule has 0 spiro atoms. The second-order valence-electron chi connectivity index (χ2n) is 9.36. The number of aryl methyl sites for hydroxylation is 2. The first kappa shape index (κ1) is 23.9. The van der Waals surface area contributed by atoms with Crippen molar-refractivity contribution in [3.8, 4) is 0 Å². The number of aromatic nitrogens is 4. The topological polar surface area (TPSA) is 110 Å². The highest BCUT2D eigenvalue weighted by molar-refractivity contribution is 5.32. The zero-order valence-electron chi connectivity index (χ0n) is 19.9. The molecule has 1 fully saturated rings. The summed E-state index contributed by atoms with van der Waals surface area (Å²) in [6, 6.07) is 8.23. The number of fused-ring (bicyclic) bond motifs is 4. The van der Waals surface area contributed by atoms with Gasteiger partial charge >= 0.3 is 0 Å². The number of carboxylic acid groups (broad SMARTS) is 1. The predicted octanol–water partition coefficient (Wildman–Crippen LogP) is 1.83. The Hall–Kier alpha value is -3.24. The Balaban J connectivity index is 0.000000868. The first-order valence-corrected chi connectivity index (χ1v) is 11.5. The van der Waals surface area contributed by atoms with E-state index >= 15 is 0 Å². The number of hydrogen-bond donors (Lipinski definition) is 1. The molecule has 1 saturated heterocycles. The van der Waals surface area contributed by atoms with Crippen molar-refractivity contribution in [3.05, 3.63) is 69.2 Å². The fourth-order valence-corrected chi connectivity index (χ4v) is 5.32. The number of nitrogens with zero attached hydrogens (tertiary/aromatic N) is 6. The Morgan fingerprint density at radius 1 is 1.24 bits per heavy atom. The monoisotopic (exact) mass is 468 g/mol. The fraction of sp³-hybridized carbons (Fsp3) is 0.500. The van der Waals surface area contributed by atoms with Crippen molar-refractivity contribution in [2.24, 2.45) is 13.0 Å². The first-order valence-electron chi connectivity index (χ1n) is 11.5. The summed E-state index contributed by atoms with van der Waals surface area (Å²) in [7, 11) is 4.02. The molecule has 34 heavy (non-hydrogen) atoms. The van der Waals surface area contributed by atoms with Crippen LogP contribution < -0.4 is 5.56 Å².